The third-order valence-electron chi connectivity index (χ3n) is 3.49. The molecule has 1 atom stereocenters. The lowest BCUT2D eigenvalue weighted by molar-refractivity contribution is 0.413. The lowest BCUT2D eigenvalue weighted by Crippen LogP contribution is -2.37. The predicted molar refractivity (Wildman–Crippen MR) is 76.6 cm³/mol. The maximum Gasteiger partial charge on any atom is 0.142 e. The first-order valence-corrected chi connectivity index (χ1v) is 6.74. The summed E-state index contributed by atoms with van der Waals surface area (Å²) in [6, 6.07) is 8.73. The predicted octanol–water partition coefficient (Wildman–Crippen LogP) is 2.09. The molecule has 1 aliphatic heterocycles. The molecular weight excluding hydrogens is 238 g/mol. The van der Waals surface area contributed by atoms with Crippen LogP contribution in [-0.4, -0.2) is 32.8 Å². The number of hydrogen-bond acceptors (Lipinski definition) is 4. The molecule has 0 amide bonds. The highest BCUT2D eigenvalue weighted by Crippen LogP contribution is 2.30. The molecule has 1 N–H and O–H groups in total. The number of methoxy groups -OCH3 is 1. The van der Waals surface area contributed by atoms with Crippen molar-refractivity contribution in [2.45, 2.75) is 25.8 Å². The quantitative estimate of drug-likeness (QED) is 0.903. The van der Waals surface area contributed by atoms with Crippen LogP contribution in [0.4, 0.5) is 5.69 Å². The minimum absolute atomic E-state index is 0.234. The maximum absolute atomic E-state index is 8.88. The summed E-state index contributed by atoms with van der Waals surface area (Å²) in [5, 5.41) is 12.3. The second-order valence-electron chi connectivity index (χ2n) is 4.99. The van der Waals surface area contributed by atoms with Gasteiger partial charge < -0.3 is 15.0 Å². The van der Waals surface area contributed by atoms with Gasteiger partial charge in [-0.05, 0) is 37.6 Å². The van der Waals surface area contributed by atoms with Crippen LogP contribution < -0.4 is 15.0 Å². The Kier molecular flexibility index (Phi) is 4.64. The number of hydrogen-bond donors (Lipinski definition) is 1. The van der Waals surface area contributed by atoms with Gasteiger partial charge in [0.25, 0.3) is 0 Å². The number of nitriles is 1. The summed E-state index contributed by atoms with van der Waals surface area (Å²) in [5.41, 5.74) is 2.36. The highest BCUT2D eigenvalue weighted by atomic mass is 16.5. The van der Waals surface area contributed by atoms with Crippen molar-refractivity contribution in [2.75, 3.05) is 31.6 Å². The van der Waals surface area contributed by atoms with E-state index in [0.29, 0.717) is 6.42 Å². The smallest absolute Gasteiger partial charge is 0.142 e. The number of rotatable bonds is 3. The highest BCUT2D eigenvalue weighted by Gasteiger charge is 2.20. The molecule has 1 aromatic carbocycles. The average Bonchev–Trinajstić information content (AvgIpc) is 2.65. The number of benzene rings is 1. The second-order valence-corrected chi connectivity index (χ2v) is 4.99. The summed E-state index contributed by atoms with van der Waals surface area (Å²) in [6.07, 6.45) is 1.63. The third-order valence-corrected chi connectivity index (χ3v) is 3.49. The van der Waals surface area contributed by atoms with Gasteiger partial charge in [0.05, 0.1) is 25.3 Å². The standard InChI is InChI=1S/C15H21N3O/c1-12-4-5-15(19-2)14(10-12)18-9-3-8-17-13(11-18)6-7-16/h4-5,10,13,17H,3,6,8-9,11H2,1-2H3. The largest absolute Gasteiger partial charge is 0.495 e. The van der Waals surface area contributed by atoms with Crippen LogP contribution >= 0.6 is 0 Å². The summed E-state index contributed by atoms with van der Waals surface area (Å²) in [7, 11) is 1.71. The van der Waals surface area contributed by atoms with Gasteiger partial charge in [-0.2, -0.15) is 5.26 Å². The Bertz CT molecular complexity index is 467. The molecule has 2 rings (SSSR count). The fourth-order valence-corrected chi connectivity index (χ4v) is 2.51. The molecule has 4 heteroatoms. The fraction of sp³-hybridized carbons (Fsp3) is 0.533. The average molecular weight is 259 g/mol. The third kappa shape index (κ3) is 3.39. The Balaban J connectivity index is 2.23. The van der Waals surface area contributed by atoms with E-state index < -0.39 is 0 Å². The highest BCUT2D eigenvalue weighted by molar-refractivity contribution is 5.60. The summed E-state index contributed by atoms with van der Waals surface area (Å²) >= 11 is 0. The summed E-state index contributed by atoms with van der Waals surface area (Å²) in [6.45, 7) is 4.91. The van der Waals surface area contributed by atoms with Gasteiger partial charge in [-0.25, -0.2) is 0 Å². The Labute approximate surface area is 115 Å². The van der Waals surface area contributed by atoms with Gasteiger partial charge >= 0.3 is 0 Å². The van der Waals surface area contributed by atoms with E-state index in [2.05, 4.69) is 35.3 Å². The first kappa shape index (κ1) is 13.7. The van der Waals surface area contributed by atoms with Crippen LogP contribution in [-0.2, 0) is 0 Å². The maximum atomic E-state index is 8.88. The lowest BCUT2D eigenvalue weighted by Gasteiger charge is -2.27. The van der Waals surface area contributed by atoms with Crippen molar-refractivity contribution in [2.24, 2.45) is 0 Å². The molecule has 1 heterocycles. The molecule has 4 nitrogen and oxygen atoms in total. The van der Waals surface area contributed by atoms with Crippen LogP contribution in [0.5, 0.6) is 5.75 Å². The second kappa shape index (κ2) is 6.44. The molecule has 0 aliphatic carbocycles. The number of anilines is 1. The zero-order valence-electron chi connectivity index (χ0n) is 11.6. The Morgan fingerprint density at radius 2 is 2.37 bits per heavy atom. The number of ether oxygens (including phenoxy) is 1. The van der Waals surface area contributed by atoms with Crippen LogP contribution in [0.25, 0.3) is 0 Å². The van der Waals surface area contributed by atoms with Crippen LogP contribution in [0, 0.1) is 18.3 Å². The van der Waals surface area contributed by atoms with E-state index in [1.54, 1.807) is 7.11 Å². The first-order chi connectivity index (χ1) is 9.24. The van der Waals surface area contributed by atoms with Gasteiger partial charge in [0.15, 0.2) is 0 Å². The van der Waals surface area contributed by atoms with E-state index in [9.17, 15) is 0 Å². The van der Waals surface area contributed by atoms with Gasteiger partial charge in [0, 0.05) is 19.1 Å². The van der Waals surface area contributed by atoms with Crippen molar-refractivity contribution in [3.8, 4) is 11.8 Å². The van der Waals surface area contributed by atoms with Crippen molar-refractivity contribution in [1.82, 2.24) is 5.32 Å². The molecule has 0 spiro atoms. The molecule has 1 unspecified atom stereocenters. The Morgan fingerprint density at radius 3 is 3.11 bits per heavy atom. The van der Waals surface area contributed by atoms with E-state index in [-0.39, 0.29) is 6.04 Å². The van der Waals surface area contributed by atoms with E-state index in [0.717, 1.165) is 37.5 Å². The molecular formula is C15H21N3O. The van der Waals surface area contributed by atoms with E-state index in [1.807, 2.05) is 6.07 Å². The monoisotopic (exact) mass is 259 g/mol. The first-order valence-electron chi connectivity index (χ1n) is 6.74. The van der Waals surface area contributed by atoms with Crippen molar-refractivity contribution >= 4 is 5.69 Å². The molecule has 0 radical (unpaired) electrons. The van der Waals surface area contributed by atoms with Gasteiger partial charge in [-0.15, -0.1) is 0 Å². The van der Waals surface area contributed by atoms with E-state index in [1.165, 1.54) is 5.56 Å². The number of aryl methyl sites for hydroxylation is 1. The summed E-state index contributed by atoms with van der Waals surface area (Å²) in [5.74, 6) is 0.906. The fourth-order valence-electron chi connectivity index (χ4n) is 2.51. The van der Waals surface area contributed by atoms with Crippen LogP contribution in [0.1, 0.15) is 18.4 Å². The molecule has 0 aromatic heterocycles. The normalized spacial score (nSPS) is 19.6. The minimum atomic E-state index is 0.234. The van der Waals surface area contributed by atoms with Gasteiger partial charge in [0.1, 0.15) is 5.75 Å². The number of nitrogens with one attached hydrogen (secondary N) is 1. The van der Waals surface area contributed by atoms with Crippen molar-refractivity contribution in [3.05, 3.63) is 23.8 Å². The molecule has 1 aliphatic rings. The molecule has 19 heavy (non-hydrogen) atoms. The SMILES string of the molecule is COc1ccc(C)cc1N1CCCNC(CC#N)C1. The molecule has 1 fully saturated rings. The number of nitrogens with zero attached hydrogens (tertiary/aromatic N) is 2. The lowest BCUT2D eigenvalue weighted by atomic mass is 10.1. The molecule has 1 saturated heterocycles. The van der Waals surface area contributed by atoms with Crippen molar-refractivity contribution in [1.29, 1.82) is 5.26 Å². The summed E-state index contributed by atoms with van der Waals surface area (Å²) in [4.78, 5) is 2.33. The van der Waals surface area contributed by atoms with Crippen molar-refractivity contribution in [3.63, 3.8) is 0 Å². The van der Waals surface area contributed by atoms with Crippen LogP contribution in [0.3, 0.4) is 0 Å². The van der Waals surface area contributed by atoms with Gasteiger partial charge in [-0.3, -0.25) is 0 Å². The Morgan fingerprint density at radius 1 is 1.53 bits per heavy atom. The van der Waals surface area contributed by atoms with Crippen LogP contribution in [0.2, 0.25) is 0 Å². The molecule has 1 aromatic rings. The van der Waals surface area contributed by atoms with E-state index in [4.69, 9.17) is 10.00 Å². The minimum Gasteiger partial charge on any atom is -0.495 e. The van der Waals surface area contributed by atoms with Crippen molar-refractivity contribution < 1.29 is 4.74 Å². The van der Waals surface area contributed by atoms with Gasteiger partial charge in [-0.1, -0.05) is 6.07 Å². The van der Waals surface area contributed by atoms with E-state index >= 15 is 0 Å². The summed E-state index contributed by atoms with van der Waals surface area (Å²) < 4.78 is 5.46. The Hall–Kier alpha value is -1.73. The molecule has 0 bridgehead atoms. The zero-order chi connectivity index (χ0) is 13.7. The van der Waals surface area contributed by atoms with Gasteiger partial charge in [0.2, 0.25) is 0 Å². The topological polar surface area (TPSA) is 48.3 Å². The zero-order valence-corrected chi connectivity index (χ0v) is 11.6. The molecule has 0 saturated carbocycles. The van der Waals surface area contributed by atoms with Crippen LogP contribution in [0.15, 0.2) is 18.2 Å². The molecule has 102 valence electrons.